The molecule has 1 aromatic carbocycles. The third-order valence-electron chi connectivity index (χ3n) is 2.27. The van der Waals surface area contributed by atoms with E-state index in [1.807, 2.05) is 6.07 Å². The number of carbonyl (C=O) groups is 1. The van der Waals surface area contributed by atoms with E-state index in [-0.39, 0.29) is 13.2 Å². The molecule has 0 bridgehead atoms. The minimum atomic E-state index is -0.710. The molecule has 1 heterocycles. The number of benzene rings is 1. The molecule has 80 valence electrons. The second-order valence-corrected chi connectivity index (χ2v) is 3.41. The second-order valence-electron chi connectivity index (χ2n) is 3.41. The molecule has 4 nitrogen and oxygen atoms in total. The SMILES string of the molecule is O=C(O[C@@H]1COC[C@H]1O)c1ccccc1. The zero-order valence-corrected chi connectivity index (χ0v) is 8.13. The minimum absolute atomic E-state index is 0.229. The number of aliphatic hydroxyl groups is 1. The van der Waals surface area contributed by atoms with E-state index in [4.69, 9.17) is 9.47 Å². The Labute approximate surface area is 87.4 Å². The molecule has 0 amide bonds. The van der Waals surface area contributed by atoms with Crippen molar-refractivity contribution in [1.29, 1.82) is 0 Å². The lowest BCUT2D eigenvalue weighted by Crippen LogP contribution is -2.29. The molecule has 15 heavy (non-hydrogen) atoms. The quantitative estimate of drug-likeness (QED) is 0.723. The minimum Gasteiger partial charge on any atom is -0.453 e. The lowest BCUT2D eigenvalue weighted by molar-refractivity contribution is 0.00114. The smallest absolute Gasteiger partial charge is 0.338 e. The first-order chi connectivity index (χ1) is 7.27. The van der Waals surface area contributed by atoms with Gasteiger partial charge in [-0.05, 0) is 12.1 Å². The van der Waals surface area contributed by atoms with Gasteiger partial charge >= 0.3 is 5.97 Å². The summed E-state index contributed by atoms with van der Waals surface area (Å²) in [5, 5.41) is 9.38. The lowest BCUT2D eigenvalue weighted by atomic mass is 10.2. The summed E-state index contributed by atoms with van der Waals surface area (Å²) in [6.07, 6.45) is -1.25. The highest BCUT2D eigenvalue weighted by atomic mass is 16.6. The van der Waals surface area contributed by atoms with Crippen LogP contribution in [-0.2, 0) is 9.47 Å². The van der Waals surface area contributed by atoms with Crippen molar-refractivity contribution in [1.82, 2.24) is 0 Å². The van der Waals surface area contributed by atoms with E-state index >= 15 is 0 Å². The average molecular weight is 208 g/mol. The molecule has 0 spiro atoms. The summed E-state index contributed by atoms with van der Waals surface area (Å²) in [6, 6.07) is 8.69. The van der Waals surface area contributed by atoms with Gasteiger partial charge in [0.2, 0.25) is 0 Å². The Hall–Kier alpha value is -1.39. The van der Waals surface area contributed by atoms with E-state index in [9.17, 15) is 9.90 Å². The molecule has 2 rings (SSSR count). The van der Waals surface area contributed by atoms with Crippen LogP contribution in [0.15, 0.2) is 30.3 Å². The van der Waals surface area contributed by atoms with Gasteiger partial charge in [0.15, 0.2) is 6.10 Å². The Bertz CT molecular complexity index is 336. The molecular weight excluding hydrogens is 196 g/mol. The van der Waals surface area contributed by atoms with Gasteiger partial charge in [-0.25, -0.2) is 4.79 Å². The fourth-order valence-electron chi connectivity index (χ4n) is 1.42. The van der Waals surface area contributed by atoms with Gasteiger partial charge in [-0.2, -0.15) is 0 Å². The first kappa shape index (κ1) is 10.1. The zero-order valence-electron chi connectivity index (χ0n) is 8.13. The van der Waals surface area contributed by atoms with Crippen LogP contribution >= 0.6 is 0 Å². The van der Waals surface area contributed by atoms with Gasteiger partial charge in [-0.15, -0.1) is 0 Å². The fourth-order valence-corrected chi connectivity index (χ4v) is 1.42. The van der Waals surface area contributed by atoms with Crippen LogP contribution in [0.25, 0.3) is 0 Å². The van der Waals surface area contributed by atoms with Crippen molar-refractivity contribution in [3.63, 3.8) is 0 Å². The molecule has 0 unspecified atom stereocenters. The lowest BCUT2D eigenvalue weighted by Gasteiger charge is -2.13. The number of hydrogen-bond acceptors (Lipinski definition) is 4. The second kappa shape index (κ2) is 4.42. The number of rotatable bonds is 2. The molecule has 2 atom stereocenters. The number of hydrogen-bond donors (Lipinski definition) is 1. The zero-order chi connectivity index (χ0) is 10.7. The molecule has 0 saturated carbocycles. The standard InChI is InChI=1S/C11H12O4/c12-9-6-14-7-10(9)15-11(13)8-4-2-1-3-5-8/h1-5,9-10,12H,6-7H2/t9-,10-/m1/s1. The fraction of sp³-hybridized carbons (Fsp3) is 0.364. The Morgan fingerprint density at radius 1 is 1.33 bits per heavy atom. The van der Waals surface area contributed by atoms with E-state index in [2.05, 4.69) is 0 Å². The summed E-state index contributed by atoms with van der Waals surface area (Å²) in [6.45, 7) is 0.493. The van der Waals surface area contributed by atoms with Crippen molar-refractivity contribution >= 4 is 5.97 Å². The van der Waals surface area contributed by atoms with E-state index in [0.29, 0.717) is 5.56 Å². The molecular formula is C11H12O4. The van der Waals surface area contributed by atoms with Gasteiger partial charge in [0.25, 0.3) is 0 Å². The Balaban J connectivity index is 1.98. The molecule has 1 aliphatic heterocycles. The van der Waals surface area contributed by atoms with E-state index in [1.54, 1.807) is 24.3 Å². The number of ether oxygens (including phenoxy) is 2. The third-order valence-corrected chi connectivity index (χ3v) is 2.27. The highest BCUT2D eigenvalue weighted by Crippen LogP contribution is 2.12. The summed E-state index contributed by atoms with van der Waals surface area (Å²) < 4.78 is 10.1. The molecule has 0 radical (unpaired) electrons. The third kappa shape index (κ3) is 2.34. The van der Waals surface area contributed by atoms with Crippen molar-refractivity contribution in [2.45, 2.75) is 12.2 Å². The summed E-state index contributed by atoms with van der Waals surface area (Å²) in [7, 11) is 0. The predicted octanol–water partition coefficient (Wildman–Crippen LogP) is 0.603. The number of esters is 1. The molecule has 1 aromatic rings. The van der Waals surface area contributed by atoms with Gasteiger partial charge in [0.1, 0.15) is 6.10 Å². The highest BCUT2D eigenvalue weighted by Gasteiger charge is 2.29. The summed E-state index contributed by atoms with van der Waals surface area (Å²) in [4.78, 5) is 11.6. The number of carbonyl (C=O) groups excluding carboxylic acids is 1. The normalized spacial score (nSPS) is 25.1. The maximum atomic E-state index is 11.6. The van der Waals surface area contributed by atoms with Crippen LogP contribution in [-0.4, -0.2) is 36.5 Å². The van der Waals surface area contributed by atoms with Crippen LogP contribution in [0.1, 0.15) is 10.4 Å². The number of aliphatic hydroxyl groups excluding tert-OH is 1. The molecule has 0 aromatic heterocycles. The van der Waals surface area contributed by atoms with Crippen LogP contribution in [0, 0.1) is 0 Å². The van der Waals surface area contributed by atoms with E-state index in [0.717, 1.165) is 0 Å². The molecule has 4 heteroatoms. The van der Waals surface area contributed by atoms with Crippen molar-refractivity contribution < 1.29 is 19.4 Å². The summed E-state index contributed by atoms with van der Waals surface area (Å²) in [5.74, 6) is -0.426. The average Bonchev–Trinajstić information content (AvgIpc) is 2.66. The Morgan fingerprint density at radius 3 is 2.67 bits per heavy atom. The van der Waals surface area contributed by atoms with Crippen LogP contribution in [0.3, 0.4) is 0 Å². The van der Waals surface area contributed by atoms with Crippen molar-refractivity contribution in [3.8, 4) is 0 Å². The van der Waals surface area contributed by atoms with E-state index in [1.165, 1.54) is 0 Å². The predicted molar refractivity (Wildman–Crippen MR) is 52.5 cm³/mol. The molecule has 1 saturated heterocycles. The van der Waals surface area contributed by atoms with Crippen LogP contribution < -0.4 is 0 Å². The van der Waals surface area contributed by atoms with Crippen molar-refractivity contribution in [2.75, 3.05) is 13.2 Å². The first-order valence-electron chi connectivity index (χ1n) is 4.79. The molecule has 0 aliphatic carbocycles. The Morgan fingerprint density at radius 2 is 2.07 bits per heavy atom. The maximum absolute atomic E-state index is 11.6. The van der Waals surface area contributed by atoms with Crippen molar-refractivity contribution in [2.24, 2.45) is 0 Å². The molecule has 1 aliphatic rings. The van der Waals surface area contributed by atoms with Gasteiger partial charge in [-0.1, -0.05) is 18.2 Å². The largest absolute Gasteiger partial charge is 0.453 e. The summed E-state index contributed by atoms with van der Waals surface area (Å²) >= 11 is 0. The highest BCUT2D eigenvalue weighted by molar-refractivity contribution is 5.89. The summed E-state index contributed by atoms with van der Waals surface area (Å²) in [5.41, 5.74) is 0.483. The maximum Gasteiger partial charge on any atom is 0.338 e. The molecule has 1 N–H and O–H groups in total. The van der Waals surface area contributed by atoms with Gasteiger partial charge in [0, 0.05) is 0 Å². The van der Waals surface area contributed by atoms with Crippen LogP contribution in [0.2, 0.25) is 0 Å². The Kier molecular flexibility index (Phi) is 2.99. The van der Waals surface area contributed by atoms with Gasteiger partial charge in [-0.3, -0.25) is 0 Å². The van der Waals surface area contributed by atoms with Crippen molar-refractivity contribution in [3.05, 3.63) is 35.9 Å². The molecule has 1 fully saturated rings. The van der Waals surface area contributed by atoms with Gasteiger partial charge in [0.05, 0.1) is 18.8 Å². The first-order valence-corrected chi connectivity index (χ1v) is 4.79. The van der Waals surface area contributed by atoms with Crippen LogP contribution in [0.5, 0.6) is 0 Å². The van der Waals surface area contributed by atoms with Crippen LogP contribution in [0.4, 0.5) is 0 Å². The van der Waals surface area contributed by atoms with Gasteiger partial charge < -0.3 is 14.6 Å². The monoisotopic (exact) mass is 208 g/mol. The topological polar surface area (TPSA) is 55.8 Å². The van der Waals surface area contributed by atoms with E-state index < -0.39 is 18.2 Å².